The maximum atomic E-state index is 14.0. The molecule has 0 saturated heterocycles. The first-order valence-corrected chi connectivity index (χ1v) is 14.4. The Labute approximate surface area is 234 Å². The third-order valence-electron chi connectivity index (χ3n) is 6.03. The van der Waals surface area contributed by atoms with E-state index in [1.807, 2.05) is 13.0 Å². The van der Waals surface area contributed by atoms with Crippen LogP contribution in [0.15, 0.2) is 77.7 Å². The Balaban J connectivity index is 2.09. The predicted octanol–water partition coefficient (Wildman–Crippen LogP) is 5.44. The number of carbonyl (C=O) groups is 2. The summed E-state index contributed by atoms with van der Waals surface area (Å²) in [6.07, 6.45) is 0.301. The molecular weight excluding hydrogens is 545 g/mol. The van der Waals surface area contributed by atoms with Crippen LogP contribution in [0.4, 0.5) is 5.69 Å². The number of amides is 2. The summed E-state index contributed by atoms with van der Waals surface area (Å²) in [5, 5.41) is 3.45. The SMILES string of the molecule is CCNC(=O)[C@@H](CC)N(Cc1c(Cl)cccc1Cl)C(=O)CN(c1cccc(C)c1)S(=O)(=O)c1ccccc1. The molecule has 202 valence electrons. The second kappa shape index (κ2) is 13.1. The highest BCUT2D eigenvalue weighted by Gasteiger charge is 2.34. The summed E-state index contributed by atoms with van der Waals surface area (Å²) in [5.41, 5.74) is 1.64. The van der Waals surface area contributed by atoms with Crippen LogP contribution in [-0.4, -0.2) is 44.3 Å². The standard InChI is InChI=1S/C28H31Cl2N3O4S/c1-4-26(28(35)31-5-2)32(18-23-24(29)15-10-16-25(23)30)27(34)19-33(21-12-9-11-20(3)17-21)38(36,37)22-13-7-6-8-14-22/h6-17,26H,4-5,18-19H2,1-3H3,(H,31,35)/t26-/m1/s1. The fraction of sp³-hybridized carbons (Fsp3) is 0.286. The van der Waals surface area contributed by atoms with Crippen molar-refractivity contribution in [3.63, 3.8) is 0 Å². The number of likely N-dealkylation sites (N-methyl/N-ethyl adjacent to an activating group) is 1. The fourth-order valence-electron chi connectivity index (χ4n) is 4.10. The van der Waals surface area contributed by atoms with Gasteiger partial charge in [-0.05, 0) is 62.2 Å². The molecule has 38 heavy (non-hydrogen) atoms. The molecule has 0 saturated carbocycles. The number of carbonyl (C=O) groups excluding carboxylic acids is 2. The van der Waals surface area contributed by atoms with Crippen LogP contribution in [0.3, 0.4) is 0 Å². The monoisotopic (exact) mass is 575 g/mol. The van der Waals surface area contributed by atoms with Crippen molar-refractivity contribution in [2.45, 2.75) is 44.7 Å². The first-order valence-electron chi connectivity index (χ1n) is 12.2. The molecule has 3 aromatic carbocycles. The molecule has 7 nitrogen and oxygen atoms in total. The van der Waals surface area contributed by atoms with Crippen molar-refractivity contribution in [2.75, 3.05) is 17.4 Å². The molecule has 3 rings (SSSR count). The second-order valence-electron chi connectivity index (χ2n) is 8.70. The summed E-state index contributed by atoms with van der Waals surface area (Å²) in [4.78, 5) is 28.4. The maximum absolute atomic E-state index is 14.0. The first kappa shape index (κ1) is 29.5. The highest BCUT2D eigenvalue weighted by Crippen LogP contribution is 2.29. The van der Waals surface area contributed by atoms with Crippen molar-refractivity contribution < 1.29 is 18.0 Å². The molecular formula is C28H31Cl2N3O4S. The molecule has 0 spiro atoms. The maximum Gasteiger partial charge on any atom is 0.264 e. The van der Waals surface area contributed by atoms with E-state index in [-0.39, 0.29) is 17.3 Å². The molecule has 10 heteroatoms. The minimum absolute atomic E-state index is 0.0470. The average molecular weight is 577 g/mol. The number of nitrogens with zero attached hydrogens (tertiary/aromatic N) is 2. The molecule has 0 bridgehead atoms. The fourth-order valence-corrected chi connectivity index (χ4v) is 6.04. The minimum Gasteiger partial charge on any atom is -0.355 e. The summed E-state index contributed by atoms with van der Waals surface area (Å²) in [7, 11) is -4.12. The zero-order chi connectivity index (χ0) is 27.9. The Morgan fingerprint density at radius 2 is 1.55 bits per heavy atom. The largest absolute Gasteiger partial charge is 0.355 e. The van der Waals surface area contributed by atoms with E-state index in [0.29, 0.717) is 34.3 Å². The van der Waals surface area contributed by atoms with Gasteiger partial charge in [0.05, 0.1) is 10.6 Å². The van der Waals surface area contributed by atoms with E-state index in [4.69, 9.17) is 23.2 Å². The van der Waals surface area contributed by atoms with Gasteiger partial charge in [0, 0.05) is 28.7 Å². The summed E-state index contributed by atoms with van der Waals surface area (Å²) in [6.45, 7) is 5.19. The molecule has 3 aromatic rings. The summed E-state index contributed by atoms with van der Waals surface area (Å²) >= 11 is 12.8. The Bertz CT molecular complexity index is 1360. The number of hydrogen-bond acceptors (Lipinski definition) is 4. The Kier molecular flexibility index (Phi) is 10.2. The molecule has 0 heterocycles. The molecule has 0 aliphatic heterocycles. The van der Waals surface area contributed by atoms with Gasteiger partial charge in [-0.1, -0.05) is 66.5 Å². The number of nitrogens with one attached hydrogen (secondary N) is 1. The number of halogens is 2. The lowest BCUT2D eigenvalue weighted by Gasteiger charge is -2.33. The van der Waals surface area contributed by atoms with Crippen molar-refractivity contribution >= 4 is 50.7 Å². The van der Waals surface area contributed by atoms with Gasteiger partial charge in [0.2, 0.25) is 11.8 Å². The van der Waals surface area contributed by atoms with Crippen molar-refractivity contribution in [1.29, 1.82) is 0 Å². The van der Waals surface area contributed by atoms with Crippen LogP contribution in [-0.2, 0) is 26.2 Å². The third kappa shape index (κ3) is 6.87. The van der Waals surface area contributed by atoms with Gasteiger partial charge in [0.1, 0.15) is 12.6 Å². The molecule has 1 N–H and O–H groups in total. The first-order chi connectivity index (χ1) is 18.1. The van der Waals surface area contributed by atoms with Crippen LogP contribution >= 0.6 is 23.2 Å². The number of benzene rings is 3. The van der Waals surface area contributed by atoms with Crippen LogP contribution < -0.4 is 9.62 Å². The smallest absolute Gasteiger partial charge is 0.264 e. The average Bonchev–Trinajstić information content (AvgIpc) is 2.89. The summed E-state index contributed by atoms with van der Waals surface area (Å²) in [6, 6.07) is 18.9. The molecule has 0 aliphatic carbocycles. The van der Waals surface area contributed by atoms with Crippen LogP contribution in [0, 0.1) is 6.92 Å². The van der Waals surface area contributed by atoms with Gasteiger partial charge in [0.25, 0.3) is 10.0 Å². The molecule has 1 atom stereocenters. The number of sulfonamides is 1. The second-order valence-corrected chi connectivity index (χ2v) is 11.4. The zero-order valence-corrected chi connectivity index (χ0v) is 23.9. The zero-order valence-electron chi connectivity index (χ0n) is 21.5. The lowest BCUT2D eigenvalue weighted by atomic mass is 10.1. The molecule has 0 aliphatic rings. The van der Waals surface area contributed by atoms with Gasteiger partial charge in [-0.15, -0.1) is 0 Å². The van der Waals surface area contributed by atoms with Gasteiger partial charge in [-0.2, -0.15) is 0 Å². The summed E-state index contributed by atoms with van der Waals surface area (Å²) < 4.78 is 28.6. The summed E-state index contributed by atoms with van der Waals surface area (Å²) in [5.74, 6) is -0.917. The van der Waals surface area contributed by atoms with Crippen molar-refractivity contribution in [1.82, 2.24) is 10.2 Å². The normalized spacial score (nSPS) is 12.0. The number of rotatable bonds is 11. The van der Waals surface area contributed by atoms with Gasteiger partial charge < -0.3 is 10.2 Å². The highest BCUT2D eigenvalue weighted by molar-refractivity contribution is 7.92. The van der Waals surface area contributed by atoms with Gasteiger partial charge in [0.15, 0.2) is 0 Å². The van der Waals surface area contributed by atoms with E-state index in [0.717, 1.165) is 9.87 Å². The molecule has 2 amide bonds. The molecule has 0 unspecified atom stereocenters. The van der Waals surface area contributed by atoms with Gasteiger partial charge in [-0.3, -0.25) is 13.9 Å². The van der Waals surface area contributed by atoms with Gasteiger partial charge in [-0.25, -0.2) is 8.42 Å². The van der Waals surface area contributed by atoms with Crippen molar-refractivity contribution in [2.24, 2.45) is 0 Å². The number of anilines is 1. The Morgan fingerprint density at radius 1 is 0.921 bits per heavy atom. The van der Waals surface area contributed by atoms with Gasteiger partial charge >= 0.3 is 0 Å². The Morgan fingerprint density at radius 3 is 2.13 bits per heavy atom. The highest BCUT2D eigenvalue weighted by atomic mass is 35.5. The van der Waals surface area contributed by atoms with E-state index in [2.05, 4.69) is 5.32 Å². The van der Waals surface area contributed by atoms with Crippen LogP contribution in [0.1, 0.15) is 31.4 Å². The van der Waals surface area contributed by atoms with E-state index in [9.17, 15) is 18.0 Å². The van der Waals surface area contributed by atoms with Crippen molar-refractivity contribution in [3.8, 4) is 0 Å². The topological polar surface area (TPSA) is 86.8 Å². The third-order valence-corrected chi connectivity index (χ3v) is 8.52. The minimum atomic E-state index is -4.12. The van der Waals surface area contributed by atoms with Crippen LogP contribution in [0.25, 0.3) is 0 Å². The molecule has 0 fully saturated rings. The lowest BCUT2D eigenvalue weighted by molar-refractivity contribution is -0.140. The predicted molar refractivity (Wildman–Crippen MR) is 152 cm³/mol. The lowest BCUT2D eigenvalue weighted by Crippen LogP contribution is -2.52. The van der Waals surface area contributed by atoms with Crippen molar-refractivity contribution in [3.05, 3.63) is 94.0 Å². The van der Waals surface area contributed by atoms with E-state index in [1.165, 1.54) is 17.0 Å². The number of hydrogen-bond donors (Lipinski definition) is 1. The number of aryl methyl sites for hydroxylation is 1. The Hall–Kier alpha value is -3.07. The van der Waals surface area contributed by atoms with E-state index < -0.39 is 28.5 Å². The molecule has 0 aromatic heterocycles. The molecule has 0 radical (unpaired) electrons. The quantitative estimate of drug-likeness (QED) is 0.330. The van der Waals surface area contributed by atoms with Crippen LogP contribution in [0.5, 0.6) is 0 Å². The van der Waals surface area contributed by atoms with E-state index >= 15 is 0 Å². The van der Waals surface area contributed by atoms with E-state index in [1.54, 1.807) is 68.4 Å². The van der Waals surface area contributed by atoms with Crippen LogP contribution in [0.2, 0.25) is 10.0 Å².